The van der Waals surface area contributed by atoms with Gasteiger partial charge in [0.15, 0.2) is 23.2 Å². The number of fused-ring (bicyclic) bond motifs is 1. The first kappa shape index (κ1) is 19.9. The number of aliphatic hydroxyl groups excluding tert-OH is 1. The fourth-order valence-electron chi connectivity index (χ4n) is 3.27. The van der Waals surface area contributed by atoms with Crippen LogP contribution in [0.15, 0.2) is 36.9 Å². The van der Waals surface area contributed by atoms with Gasteiger partial charge in [-0.2, -0.15) is 0 Å². The van der Waals surface area contributed by atoms with Gasteiger partial charge >= 0.3 is 0 Å². The van der Waals surface area contributed by atoms with E-state index in [4.69, 9.17) is 4.74 Å². The lowest BCUT2D eigenvalue weighted by atomic mass is 10.2. The summed E-state index contributed by atoms with van der Waals surface area (Å²) >= 11 is 2.27. The van der Waals surface area contributed by atoms with E-state index < -0.39 is 18.4 Å². The van der Waals surface area contributed by atoms with E-state index in [0.29, 0.717) is 23.5 Å². The predicted molar refractivity (Wildman–Crippen MR) is 114 cm³/mol. The van der Waals surface area contributed by atoms with Crippen LogP contribution in [0.2, 0.25) is 0 Å². The zero-order valence-electron chi connectivity index (χ0n) is 15.5. The molecule has 0 radical (unpaired) electrons. The number of rotatable bonds is 6. The highest BCUT2D eigenvalue weighted by Crippen LogP contribution is 2.32. The molecule has 4 rings (SSSR count). The van der Waals surface area contributed by atoms with Crippen LogP contribution < -0.4 is 16.2 Å². The van der Waals surface area contributed by atoms with Gasteiger partial charge in [-0.15, -0.1) is 0 Å². The van der Waals surface area contributed by atoms with E-state index in [-0.39, 0.29) is 12.3 Å². The third kappa shape index (κ3) is 4.17. The normalized spacial score (nSPS) is 21.4. The highest BCUT2D eigenvalue weighted by Gasteiger charge is 2.39. The van der Waals surface area contributed by atoms with Crippen LogP contribution >= 0.6 is 22.6 Å². The molecule has 10 nitrogen and oxygen atoms in total. The number of anilines is 1. The minimum Gasteiger partial charge on any atom is -0.388 e. The van der Waals surface area contributed by atoms with Crippen molar-refractivity contribution in [2.75, 3.05) is 12.4 Å². The highest BCUT2D eigenvalue weighted by atomic mass is 127. The molecule has 2 aromatic heterocycles. The van der Waals surface area contributed by atoms with E-state index in [2.05, 4.69) is 59.8 Å². The lowest BCUT2D eigenvalue weighted by molar-refractivity contribution is -0.135. The maximum atomic E-state index is 12.0. The van der Waals surface area contributed by atoms with E-state index in [9.17, 15) is 9.90 Å². The molecule has 3 atom stereocenters. The smallest absolute Gasteiger partial charge is 0.263 e. The Morgan fingerprint density at radius 3 is 3.03 bits per heavy atom. The van der Waals surface area contributed by atoms with Crippen LogP contribution in [0.25, 0.3) is 11.2 Å². The molecule has 3 aromatic rings. The van der Waals surface area contributed by atoms with E-state index in [1.54, 1.807) is 17.9 Å². The van der Waals surface area contributed by atoms with Crippen LogP contribution in [0, 0.1) is 3.57 Å². The fraction of sp³-hybridized carbons (Fsp3) is 0.333. The molecule has 0 bridgehead atoms. The Morgan fingerprint density at radius 2 is 2.24 bits per heavy atom. The van der Waals surface area contributed by atoms with Crippen molar-refractivity contribution in [3.05, 3.63) is 46.1 Å². The zero-order chi connectivity index (χ0) is 20.4. The molecule has 0 unspecified atom stereocenters. The molecule has 4 N–H and O–H groups in total. The Bertz CT molecular complexity index is 1030. The second kappa shape index (κ2) is 8.57. The summed E-state index contributed by atoms with van der Waals surface area (Å²) in [4.78, 5) is 25.0. The number of carbonyl (C=O) groups excluding carboxylic acids is 1. The third-order valence-corrected chi connectivity index (χ3v) is 5.28. The number of aliphatic hydroxyl groups is 1. The first-order valence-electron chi connectivity index (χ1n) is 9.03. The summed E-state index contributed by atoms with van der Waals surface area (Å²) in [5.74, 6) is 0.248. The number of nitrogens with zero attached hydrogens (tertiary/aromatic N) is 4. The number of hydrazine groups is 1. The second-order valence-electron chi connectivity index (χ2n) is 6.59. The van der Waals surface area contributed by atoms with Gasteiger partial charge < -0.3 is 15.2 Å². The van der Waals surface area contributed by atoms with Crippen molar-refractivity contribution in [2.45, 2.75) is 31.4 Å². The molecule has 11 heteroatoms. The fourth-order valence-corrected chi connectivity index (χ4v) is 3.88. The number of hydrogen-bond donors (Lipinski definition) is 4. The Morgan fingerprint density at radius 1 is 1.38 bits per heavy atom. The number of aromatic nitrogens is 4. The molecule has 1 aliphatic heterocycles. The van der Waals surface area contributed by atoms with Gasteiger partial charge in [-0.25, -0.2) is 20.4 Å². The quantitative estimate of drug-likeness (QED) is 0.286. The summed E-state index contributed by atoms with van der Waals surface area (Å²) in [6, 6.07) is 8.16. The van der Waals surface area contributed by atoms with E-state index >= 15 is 0 Å². The van der Waals surface area contributed by atoms with Gasteiger partial charge in [-0.1, -0.05) is 12.1 Å². The molecule has 1 aromatic carbocycles. The molecule has 0 saturated carbocycles. The van der Waals surface area contributed by atoms with Crippen molar-refractivity contribution in [3.8, 4) is 0 Å². The molecule has 1 amide bonds. The average Bonchev–Trinajstić information content (AvgIpc) is 3.30. The Kier molecular flexibility index (Phi) is 5.89. The number of hydrogen-bond acceptors (Lipinski definition) is 8. The minimum absolute atomic E-state index is 0.181. The van der Waals surface area contributed by atoms with Crippen LogP contribution in [0.5, 0.6) is 0 Å². The third-order valence-electron chi connectivity index (χ3n) is 4.61. The molecule has 1 saturated heterocycles. The molecule has 29 heavy (non-hydrogen) atoms. The Hall–Kier alpha value is -2.35. The molecule has 0 aliphatic carbocycles. The van der Waals surface area contributed by atoms with Gasteiger partial charge in [0, 0.05) is 23.6 Å². The van der Waals surface area contributed by atoms with Crippen LogP contribution in [-0.2, 0) is 16.1 Å². The summed E-state index contributed by atoms with van der Waals surface area (Å²) in [6.45, 7) is 0.588. The van der Waals surface area contributed by atoms with Crippen LogP contribution in [0.4, 0.5) is 5.82 Å². The van der Waals surface area contributed by atoms with Gasteiger partial charge in [0.2, 0.25) is 0 Å². The maximum Gasteiger partial charge on any atom is 0.263 e. The molecule has 3 heterocycles. The minimum atomic E-state index is -0.863. The van der Waals surface area contributed by atoms with Crippen molar-refractivity contribution in [2.24, 2.45) is 0 Å². The van der Waals surface area contributed by atoms with Gasteiger partial charge in [0.25, 0.3) is 5.91 Å². The largest absolute Gasteiger partial charge is 0.388 e. The number of imidazole rings is 1. The van der Waals surface area contributed by atoms with Gasteiger partial charge in [-0.05, 0) is 40.3 Å². The topological polar surface area (TPSA) is 126 Å². The van der Waals surface area contributed by atoms with E-state index in [1.165, 1.54) is 6.33 Å². The number of amides is 1. The van der Waals surface area contributed by atoms with Crippen molar-refractivity contribution in [3.63, 3.8) is 0 Å². The monoisotopic (exact) mass is 509 g/mol. The highest BCUT2D eigenvalue weighted by molar-refractivity contribution is 14.1. The van der Waals surface area contributed by atoms with Crippen LogP contribution in [0.3, 0.4) is 0 Å². The van der Waals surface area contributed by atoms with Gasteiger partial charge in [-0.3, -0.25) is 14.8 Å². The first-order valence-corrected chi connectivity index (χ1v) is 10.1. The zero-order valence-corrected chi connectivity index (χ0v) is 17.7. The molecule has 1 fully saturated rings. The SMILES string of the molecule is CNNC(=O)[C@@H]1C[C@@H](O)[C@H](n2cnc3c(NCc4cccc(I)c4)ncnc32)O1. The molecular formula is C18H20IN7O3. The summed E-state index contributed by atoms with van der Waals surface area (Å²) in [5, 5.41) is 13.7. The lowest BCUT2D eigenvalue weighted by Gasteiger charge is -2.16. The average molecular weight is 509 g/mol. The van der Waals surface area contributed by atoms with Crippen molar-refractivity contribution in [1.29, 1.82) is 0 Å². The number of carbonyl (C=O) groups is 1. The first-order chi connectivity index (χ1) is 14.1. The van der Waals surface area contributed by atoms with Gasteiger partial charge in [0.05, 0.1) is 6.33 Å². The Balaban J connectivity index is 1.55. The van der Waals surface area contributed by atoms with E-state index in [0.717, 1.165) is 9.13 Å². The second-order valence-corrected chi connectivity index (χ2v) is 7.83. The lowest BCUT2D eigenvalue weighted by Crippen LogP contribution is -2.41. The van der Waals surface area contributed by atoms with E-state index in [1.807, 2.05) is 18.2 Å². The molecule has 152 valence electrons. The van der Waals surface area contributed by atoms with Crippen LogP contribution in [-0.4, -0.2) is 49.8 Å². The number of halogens is 1. The van der Waals surface area contributed by atoms with Crippen LogP contribution in [0.1, 0.15) is 18.2 Å². The summed E-state index contributed by atoms with van der Waals surface area (Å²) < 4.78 is 8.55. The maximum absolute atomic E-state index is 12.0. The summed E-state index contributed by atoms with van der Waals surface area (Å²) in [5.41, 5.74) is 7.24. The van der Waals surface area contributed by atoms with Crippen molar-refractivity contribution in [1.82, 2.24) is 30.4 Å². The molecular weight excluding hydrogens is 489 g/mol. The Labute approximate surface area is 180 Å². The van der Waals surface area contributed by atoms with Gasteiger partial charge in [0.1, 0.15) is 18.5 Å². The van der Waals surface area contributed by atoms with Crippen molar-refractivity contribution < 1.29 is 14.6 Å². The summed E-state index contributed by atoms with van der Waals surface area (Å²) in [7, 11) is 1.59. The molecule has 1 aliphatic rings. The predicted octanol–water partition coefficient (Wildman–Crippen LogP) is 0.942. The van der Waals surface area contributed by atoms with Crippen molar-refractivity contribution >= 4 is 45.5 Å². The number of nitrogens with one attached hydrogen (secondary N) is 3. The number of ether oxygens (including phenoxy) is 1. The summed E-state index contributed by atoms with van der Waals surface area (Å²) in [6.07, 6.45) is 0.774. The standard InChI is InChI=1S/C18H20IN7O3/c1-20-25-17(28)13-6-12(27)18(29-13)26-9-24-14-15(22-8-23-16(14)26)21-7-10-3-2-4-11(19)5-10/h2-5,8-9,12-13,18,20,27H,6-7H2,1H3,(H,25,28)(H,21,22,23)/t12-,13+,18-/m1/s1. The number of benzene rings is 1. The molecule has 0 spiro atoms.